The van der Waals surface area contributed by atoms with E-state index in [2.05, 4.69) is 10.1 Å². The molecule has 2 heterocycles. The van der Waals surface area contributed by atoms with Gasteiger partial charge in [-0.05, 0) is 31.4 Å². The van der Waals surface area contributed by atoms with Gasteiger partial charge >= 0.3 is 5.97 Å². The molecule has 0 aliphatic heterocycles. The summed E-state index contributed by atoms with van der Waals surface area (Å²) in [4.78, 5) is 15.6. The van der Waals surface area contributed by atoms with Gasteiger partial charge in [-0.3, -0.25) is 9.67 Å². The zero-order valence-electron chi connectivity index (χ0n) is 10.1. The molecule has 1 N–H and O–H groups in total. The second-order valence-electron chi connectivity index (χ2n) is 4.31. The van der Waals surface area contributed by atoms with E-state index in [1.807, 2.05) is 19.1 Å². The van der Waals surface area contributed by atoms with Crippen LogP contribution in [0.4, 0.5) is 0 Å². The van der Waals surface area contributed by atoms with Gasteiger partial charge in [-0.1, -0.05) is 6.07 Å². The van der Waals surface area contributed by atoms with E-state index in [1.54, 1.807) is 10.9 Å². The number of nitrogens with zero attached hydrogens (tertiary/aromatic N) is 3. The van der Waals surface area contributed by atoms with Crippen molar-refractivity contribution in [3.63, 3.8) is 0 Å². The largest absolute Gasteiger partial charge is 0.476 e. The van der Waals surface area contributed by atoms with E-state index < -0.39 is 5.97 Å². The second-order valence-corrected chi connectivity index (χ2v) is 4.31. The van der Waals surface area contributed by atoms with Crippen molar-refractivity contribution in [3.8, 4) is 11.4 Å². The van der Waals surface area contributed by atoms with Crippen molar-refractivity contribution in [2.45, 2.75) is 26.3 Å². The molecule has 0 spiro atoms. The van der Waals surface area contributed by atoms with Gasteiger partial charge in [0, 0.05) is 18.3 Å². The van der Waals surface area contributed by atoms with Crippen LogP contribution in [0.15, 0.2) is 18.3 Å². The average molecular weight is 243 g/mol. The van der Waals surface area contributed by atoms with Gasteiger partial charge in [-0.25, -0.2) is 4.79 Å². The number of hydrogen-bond acceptors (Lipinski definition) is 3. The predicted octanol–water partition coefficient (Wildman–Crippen LogP) is 1.76. The summed E-state index contributed by atoms with van der Waals surface area (Å²) in [6.45, 7) is 2.60. The van der Waals surface area contributed by atoms with Crippen molar-refractivity contribution in [2.75, 3.05) is 0 Å². The zero-order valence-corrected chi connectivity index (χ0v) is 10.1. The Bertz CT molecular complexity index is 631. The SMILES string of the molecule is CCn1nc(C(=O)O)c2c1-c1ncccc1CC2. The molecular formula is C13H13N3O2. The molecule has 0 saturated carbocycles. The Balaban J connectivity index is 2.29. The number of carboxylic acid groups (broad SMARTS) is 1. The predicted molar refractivity (Wildman–Crippen MR) is 65.5 cm³/mol. The molecule has 18 heavy (non-hydrogen) atoms. The van der Waals surface area contributed by atoms with Crippen LogP contribution < -0.4 is 0 Å². The molecule has 3 rings (SSSR count). The van der Waals surface area contributed by atoms with Crippen LogP contribution in [-0.2, 0) is 19.4 Å². The number of pyridine rings is 1. The van der Waals surface area contributed by atoms with Crippen LogP contribution in [0.1, 0.15) is 28.5 Å². The molecule has 2 aromatic rings. The third kappa shape index (κ3) is 1.44. The Kier molecular flexibility index (Phi) is 2.40. The number of carboxylic acids is 1. The van der Waals surface area contributed by atoms with E-state index >= 15 is 0 Å². The molecule has 1 aliphatic carbocycles. The molecule has 0 aromatic carbocycles. The minimum absolute atomic E-state index is 0.170. The van der Waals surface area contributed by atoms with Crippen molar-refractivity contribution in [2.24, 2.45) is 0 Å². The first-order valence-corrected chi connectivity index (χ1v) is 5.99. The summed E-state index contributed by atoms with van der Waals surface area (Å²) in [6, 6.07) is 3.95. The number of aromatic nitrogens is 3. The fourth-order valence-electron chi connectivity index (χ4n) is 2.51. The highest BCUT2D eigenvalue weighted by Gasteiger charge is 2.28. The lowest BCUT2D eigenvalue weighted by molar-refractivity contribution is 0.0688. The molecule has 0 amide bonds. The van der Waals surface area contributed by atoms with Crippen LogP contribution in [0.25, 0.3) is 11.4 Å². The quantitative estimate of drug-likeness (QED) is 0.872. The van der Waals surface area contributed by atoms with Crippen LogP contribution in [0.5, 0.6) is 0 Å². The lowest BCUT2D eigenvalue weighted by Gasteiger charge is -2.16. The summed E-state index contributed by atoms with van der Waals surface area (Å²) in [5.41, 5.74) is 3.90. The van der Waals surface area contributed by atoms with Gasteiger partial charge in [0.05, 0.1) is 11.4 Å². The summed E-state index contributed by atoms with van der Waals surface area (Å²) in [5.74, 6) is -0.960. The lowest BCUT2D eigenvalue weighted by Crippen LogP contribution is -2.09. The molecule has 0 bridgehead atoms. The number of aromatic carboxylic acids is 1. The minimum Gasteiger partial charge on any atom is -0.476 e. The smallest absolute Gasteiger partial charge is 0.356 e. The maximum Gasteiger partial charge on any atom is 0.356 e. The van der Waals surface area contributed by atoms with Gasteiger partial charge in [0.25, 0.3) is 0 Å². The first-order chi connectivity index (χ1) is 8.72. The highest BCUT2D eigenvalue weighted by atomic mass is 16.4. The normalized spacial score (nSPS) is 12.9. The minimum atomic E-state index is -0.960. The van der Waals surface area contributed by atoms with Crippen molar-refractivity contribution >= 4 is 5.97 Å². The van der Waals surface area contributed by atoms with Crippen molar-refractivity contribution in [3.05, 3.63) is 35.2 Å². The Morgan fingerprint density at radius 1 is 1.50 bits per heavy atom. The Labute approximate surface area is 104 Å². The van der Waals surface area contributed by atoms with Gasteiger partial charge in [0.15, 0.2) is 5.69 Å². The zero-order chi connectivity index (χ0) is 12.7. The van der Waals surface area contributed by atoms with Gasteiger partial charge in [0.1, 0.15) is 0 Å². The molecular weight excluding hydrogens is 230 g/mol. The van der Waals surface area contributed by atoms with Crippen LogP contribution in [0, 0.1) is 0 Å². The summed E-state index contributed by atoms with van der Waals surface area (Å²) in [7, 11) is 0. The van der Waals surface area contributed by atoms with Crippen LogP contribution >= 0.6 is 0 Å². The number of hydrogen-bond donors (Lipinski definition) is 1. The van der Waals surface area contributed by atoms with E-state index in [0.717, 1.165) is 35.4 Å². The van der Waals surface area contributed by atoms with Gasteiger partial charge < -0.3 is 5.11 Å². The van der Waals surface area contributed by atoms with Crippen LogP contribution in [-0.4, -0.2) is 25.8 Å². The third-order valence-electron chi connectivity index (χ3n) is 3.31. The molecule has 2 aromatic heterocycles. The van der Waals surface area contributed by atoms with Crippen LogP contribution in [0.3, 0.4) is 0 Å². The number of carbonyl (C=O) groups is 1. The van der Waals surface area contributed by atoms with Gasteiger partial charge in [-0.15, -0.1) is 0 Å². The van der Waals surface area contributed by atoms with E-state index in [0.29, 0.717) is 6.54 Å². The standard InChI is InChI=1S/C13H13N3O2/c1-2-16-12-9(11(15-16)13(17)18)6-5-8-4-3-7-14-10(8)12/h3-4,7H,2,5-6H2,1H3,(H,17,18). The second kappa shape index (κ2) is 3.94. The first kappa shape index (κ1) is 11.0. The van der Waals surface area contributed by atoms with E-state index in [9.17, 15) is 9.90 Å². The maximum atomic E-state index is 11.2. The fraction of sp³-hybridized carbons (Fsp3) is 0.308. The average Bonchev–Trinajstić information content (AvgIpc) is 2.78. The van der Waals surface area contributed by atoms with E-state index in [-0.39, 0.29) is 5.69 Å². The topological polar surface area (TPSA) is 68.0 Å². The number of rotatable bonds is 2. The molecule has 0 radical (unpaired) electrons. The first-order valence-electron chi connectivity index (χ1n) is 5.99. The summed E-state index contributed by atoms with van der Waals surface area (Å²) >= 11 is 0. The van der Waals surface area contributed by atoms with Crippen molar-refractivity contribution in [1.82, 2.24) is 14.8 Å². The fourth-order valence-corrected chi connectivity index (χ4v) is 2.51. The monoisotopic (exact) mass is 243 g/mol. The van der Waals surface area contributed by atoms with Gasteiger partial charge in [0.2, 0.25) is 0 Å². The molecule has 0 unspecified atom stereocenters. The summed E-state index contributed by atoms with van der Waals surface area (Å²) < 4.78 is 1.74. The summed E-state index contributed by atoms with van der Waals surface area (Å²) in [6.07, 6.45) is 3.28. The lowest BCUT2D eigenvalue weighted by atomic mass is 9.92. The Morgan fingerprint density at radius 2 is 2.33 bits per heavy atom. The highest BCUT2D eigenvalue weighted by molar-refractivity contribution is 5.90. The van der Waals surface area contributed by atoms with Crippen molar-refractivity contribution < 1.29 is 9.90 Å². The molecule has 5 nitrogen and oxygen atoms in total. The number of aryl methyl sites for hydroxylation is 2. The molecule has 0 saturated heterocycles. The molecule has 1 aliphatic rings. The molecule has 5 heteroatoms. The Morgan fingerprint density at radius 3 is 3.06 bits per heavy atom. The number of fused-ring (bicyclic) bond motifs is 3. The van der Waals surface area contributed by atoms with E-state index in [1.165, 1.54) is 0 Å². The van der Waals surface area contributed by atoms with Gasteiger partial charge in [-0.2, -0.15) is 5.10 Å². The summed E-state index contributed by atoms with van der Waals surface area (Å²) in [5, 5.41) is 13.4. The molecule has 0 fully saturated rings. The van der Waals surface area contributed by atoms with E-state index in [4.69, 9.17) is 0 Å². The maximum absolute atomic E-state index is 11.2. The Hall–Kier alpha value is -2.17. The third-order valence-corrected chi connectivity index (χ3v) is 3.31. The van der Waals surface area contributed by atoms with Crippen molar-refractivity contribution in [1.29, 1.82) is 0 Å². The van der Waals surface area contributed by atoms with Crippen LogP contribution in [0.2, 0.25) is 0 Å². The highest BCUT2D eigenvalue weighted by Crippen LogP contribution is 2.33. The molecule has 92 valence electrons. The molecule has 0 atom stereocenters.